The van der Waals surface area contributed by atoms with E-state index in [2.05, 4.69) is 5.32 Å². The fraction of sp³-hybridized carbons (Fsp3) is 0.235. The number of nitrogens with zero attached hydrogens (tertiary/aromatic N) is 1. The molecule has 2 aromatic rings. The molecule has 1 amide bonds. The number of benzene rings is 2. The van der Waals surface area contributed by atoms with Crippen LogP contribution in [0, 0.1) is 0 Å². The molecule has 1 unspecified atom stereocenters. The zero-order chi connectivity index (χ0) is 20.4. The summed E-state index contributed by atoms with van der Waals surface area (Å²) in [4.78, 5) is 11.1. The maximum Gasteiger partial charge on any atom is 0.243 e. The quantitative estimate of drug-likeness (QED) is 0.748. The Labute approximate surface area is 159 Å². The van der Waals surface area contributed by atoms with Gasteiger partial charge in [0.15, 0.2) is 0 Å². The van der Waals surface area contributed by atoms with Gasteiger partial charge in [-0.25, -0.2) is 22.0 Å². The second kappa shape index (κ2) is 7.77. The van der Waals surface area contributed by atoms with Crippen LogP contribution in [0.25, 0.3) is 0 Å². The number of hydrogen-bond acceptors (Lipinski definition) is 5. The number of primary sulfonamides is 1. The zero-order valence-electron chi connectivity index (χ0n) is 15.1. The van der Waals surface area contributed by atoms with Crippen LogP contribution in [-0.4, -0.2) is 34.1 Å². The highest BCUT2D eigenvalue weighted by molar-refractivity contribution is 7.89. The van der Waals surface area contributed by atoms with Crippen molar-refractivity contribution < 1.29 is 21.6 Å². The van der Waals surface area contributed by atoms with Crippen LogP contribution in [-0.2, 0) is 24.8 Å². The van der Waals surface area contributed by atoms with E-state index < -0.39 is 26.1 Å². The summed E-state index contributed by atoms with van der Waals surface area (Å²) in [6, 6.07) is 11.0. The Morgan fingerprint density at radius 1 is 0.963 bits per heavy atom. The third-order valence-corrected chi connectivity index (χ3v) is 6.96. The molecule has 0 saturated heterocycles. The number of sulfonamides is 2. The number of hydrogen-bond donors (Lipinski definition) is 2. The molecule has 0 aliphatic rings. The van der Waals surface area contributed by atoms with Crippen molar-refractivity contribution in [1.82, 2.24) is 4.31 Å². The lowest BCUT2D eigenvalue weighted by Crippen LogP contribution is -2.29. The first kappa shape index (κ1) is 21.0. The molecule has 10 heteroatoms. The average molecular weight is 412 g/mol. The number of carbonyl (C=O) groups is 1. The van der Waals surface area contributed by atoms with Crippen molar-refractivity contribution in [2.24, 2.45) is 5.14 Å². The van der Waals surface area contributed by atoms with Crippen LogP contribution in [0.15, 0.2) is 58.3 Å². The summed E-state index contributed by atoms with van der Waals surface area (Å²) < 4.78 is 49.5. The smallest absolute Gasteiger partial charge is 0.243 e. The lowest BCUT2D eigenvalue weighted by Gasteiger charge is -2.25. The molecule has 8 nitrogen and oxygen atoms in total. The Balaban J connectivity index is 2.26. The summed E-state index contributed by atoms with van der Waals surface area (Å²) in [6.07, 6.45) is 0. The molecule has 0 aromatic heterocycles. The predicted octanol–water partition coefficient (Wildman–Crippen LogP) is 1.67. The van der Waals surface area contributed by atoms with E-state index in [1.165, 1.54) is 66.8 Å². The van der Waals surface area contributed by atoms with Crippen molar-refractivity contribution in [3.05, 3.63) is 54.1 Å². The average Bonchev–Trinajstić information content (AvgIpc) is 2.59. The maximum atomic E-state index is 12.8. The number of nitrogens with two attached hydrogens (primary N) is 1. The second-order valence-corrected chi connectivity index (χ2v) is 9.58. The Morgan fingerprint density at radius 2 is 1.44 bits per heavy atom. The van der Waals surface area contributed by atoms with E-state index >= 15 is 0 Å². The van der Waals surface area contributed by atoms with Crippen molar-refractivity contribution in [2.45, 2.75) is 29.7 Å². The SMILES string of the molecule is CC(=O)Nc1ccc(S(=O)(=O)N(C)C(C)c2ccc(S(N)(=O)=O)cc2)cc1. The summed E-state index contributed by atoms with van der Waals surface area (Å²) in [5.74, 6) is -0.251. The Kier molecular flexibility index (Phi) is 6.05. The molecule has 2 aromatic carbocycles. The van der Waals surface area contributed by atoms with E-state index in [4.69, 9.17) is 5.14 Å². The highest BCUT2D eigenvalue weighted by atomic mass is 32.2. The molecule has 0 spiro atoms. The minimum Gasteiger partial charge on any atom is -0.326 e. The topological polar surface area (TPSA) is 127 Å². The molecule has 2 rings (SSSR count). The van der Waals surface area contributed by atoms with E-state index in [0.717, 1.165) is 0 Å². The van der Waals surface area contributed by atoms with Crippen LogP contribution < -0.4 is 10.5 Å². The van der Waals surface area contributed by atoms with Crippen LogP contribution >= 0.6 is 0 Å². The maximum absolute atomic E-state index is 12.8. The van der Waals surface area contributed by atoms with Gasteiger partial charge in [0, 0.05) is 25.7 Å². The van der Waals surface area contributed by atoms with Gasteiger partial charge in [0.05, 0.1) is 9.79 Å². The normalized spacial score (nSPS) is 13.4. The molecule has 3 N–H and O–H groups in total. The molecule has 0 bridgehead atoms. The van der Waals surface area contributed by atoms with Crippen molar-refractivity contribution >= 4 is 31.6 Å². The largest absolute Gasteiger partial charge is 0.326 e. The summed E-state index contributed by atoms with van der Waals surface area (Å²) in [7, 11) is -6.16. The van der Waals surface area contributed by atoms with E-state index in [0.29, 0.717) is 11.3 Å². The molecular formula is C17H21N3O5S2. The van der Waals surface area contributed by atoms with Gasteiger partial charge >= 0.3 is 0 Å². The molecule has 1 atom stereocenters. The number of anilines is 1. The molecule has 0 fully saturated rings. The van der Waals surface area contributed by atoms with Gasteiger partial charge in [-0.2, -0.15) is 4.31 Å². The lowest BCUT2D eigenvalue weighted by molar-refractivity contribution is -0.114. The van der Waals surface area contributed by atoms with Gasteiger partial charge < -0.3 is 5.32 Å². The monoisotopic (exact) mass is 411 g/mol. The first-order valence-electron chi connectivity index (χ1n) is 7.91. The molecule has 0 aliphatic heterocycles. The van der Waals surface area contributed by atoms with E-state index in [9.17, 15) is 21.6 Å². The number of nitrogens with one attached hydrogen (secondary N) is 1. The third kappa shape index (κ3) is 4.92. The third-order valence-electron chi connectivity index (χ3n) is 4.09. The molecule has 146 valence electrons. The number of rotatable bonds is 6. The van der Waals surface area contributed by atoms with Gasteiger partial charge in [0.2, 0.25) is 26.0 Å². The first-order valence-corrected chi connectivity index (χ1v) is 10.9. The van der Waals surface area contributed by atoms with Crippen LogP contribution in [0.3, 0.4) is 0 Å². The Bertz CT molecular complexity index is 1030. The van der Waals surface area contributed by atoms with Crippen molar-refractivity contribution in [2.75, 3.05) is 12.4 Å². The molecular weight excluding hydrogens is 390 g/mol. The van der Waals surface area contributed by atoms with Gasteiger partial charge in [-0.1, -0.05) is 12.1 Å². The van der Waals surface area contributed by atoms with Gasteiger partial charge in [-0.15, -0.1) is 0 Å². The fourth-order valence-electron chi connectivity index (χ4n) is 2.43. The summed E-state index contributed by atoms with van der Waals surface area (Å²) in [5, 5.41) is 7.64. The number of carbonyl (C=O) groups excluding carboxylic acids is 1. The summed E-state index contributed by atoms with van der Waals surface area (Å²) >= 11 is 0. The summed E-state index contributed by atoms with van der Waals surface area (Å²) in [6.45, 7) is 3.05. The van der Waals surface area contributed by atoms with Crippen molar-refractivity contribution in [3.63, 3.8) is 0 Å². The molecule has 0 radical (unpaired) electrons. The molecule has 0 aliphatic carbocycles. The van der Waals surface area contributed by atoms with Gasteiger partial charge in [-0.3, -0.25) is 4.79 Å². The summed E-state index contributed by atoms with van der Waals surface area (Å²) in [5.41, 5.74) is 1.11. The van der Waals surface area contributed by atoms with E-state index in [1.807, 2.05) is 0 Å². The second-order valence-electron chi connectivity index (χ2n) is 6.02. The number of amides is 1. The van der Waals surface area contributed by atoms with Crippen LogP contribution in [0.4, 0.5) is 5.69 Å². The van der Waals surface area contributed by atoms with Crippen LogP contribution in [0.1, 0.15) is 25.5 Å². The van der Waals surface area contributed by atoms with E-state index in [1.54, 1.807) is 6.92 Å². The highest BCUT2D eigenvalue weighted by Gasteiger charge is 2.26. The molecule has 27 heavy (non-hydrogen) atoms. The van der Waals surface area contributed by atoms with Crippen LogP contribution in [0.5, 0.6) is 0 Å². The van der Waals surface area contributed by atoms with Gasteiger partial charge in [-0.05, 0) is 48.9 Å². The Morgan fingerprint density at radius 3 is 1.89 bits per heavy atom. The van der Waals surface area contributed by atoms with Crippen molar-refractivity contribution in [1.29, 1.82) is 0 Å². The van der Waals surface area contributed by atoms with Gasteiger partial charge in [0.1, 0.15) is 0 Å². The van der Waals surface area contributed by atoms with Gasteiger partial charge in [0.25, 0.3) is 0 Å². The minimum atomic E-state index is -3.81. The highest BCUT2D eigenvalue weighted by Crippen LogP contribution is 2.27. The minimum absolute atomic E-state index is 0.0440. The first-order chi connectivity index (χ1) is 12.4. The van der Waals surface area contributed by atoms with E-state index in [-0.39, 0.29) is 15.7 Å². The molecule has 0 heterocycles. The molecule has 0 saturated carbocycles. The standard InChI is InChI=1S/C17H21N3O5S2/c1-12(14-4-8-16(9-5-14)26(18,22)23)20(3)27(24,25)17-10-6-15(7-11-17)19-13(2)21/h4-12H,1-3H3,(H,19,21)(H2,18,22,23). The van der Waals surface area contributed by atoms with Crippen molar-refractivity contribution in [3.8, 4) is 0 Å². The Hall–Kier alpha value is -2.27. The van der Waals surface area contributed by atoms with Crippen LogP contribution in [0.2, 0.25) is 0 Å². The predicted molar refractivity (Wildman–Crippen MR) is 102 cm³/mol. The lowest BCUT2D eigenvalue weighted by atomic mass is 10.1. The zero-order valence-corrected chi connectivity index (χ0v) is 16.7. The fourth-order valence-corrected chi connectivity index (χ4v) is 4.30.